The standard InChI is InChI=1S/C35H53NO6S.C34H51NO7S.CH4O.ClH.2HI.V/c1-21-11-15-34(5)24(17-21)19-29(37)31-27-9-8-26(35(27,6)16-13-28(31)34)22(2)20-41-32(38)36-43(39,40)25-7-10-30-23(18-25)12-14-33(3,4)42-30;1-20(19-41-31(38)35-43(39,40)24-6-9-29-21(16-24)10-13-32(2,3)42-29)25-7-8-26-30-27(12-15-34(25,26)5)33(4)14-11-23(36)17-22(33)18-28(30)37;1-2;;;;/h7,10,18,21-22,24,26-29,31,37H,8-9,11-17,19-20H2,1-6H3,(H,36,38);6,9,16,20,22-23,25-28,30,36-37H,7-8,10-15,17-19H2,1-5H3,(H,35,38);2H,1H3;3*1H;/q;;;;;;+2/p-2/t21-,22-,24+,26-,27+,28+,29-,31+,34+,35-;20-,22+,23-,25-,26+,27+,28-,30+,33+,34-;;;;;/m11...../s1. The van der Waals surface area contributed by atoms with E-state index in [0.29, 0.717) is 92.5 Å². The molecule has 0 aromatic heterocycles. The zero-order valence-corrected chi connectivity index (χ0v) is 64.7. The van der Waals surface area contributed by atoms with E-state index in [1.807, 2.05) is 27.7 Å². The topological polar surface area (TPSA) is 244 Å². The van der Waals surface area contributed by atoms with Gasteiger partial charge in [-0.05, 0) is 296 Å². The van der Waals surface area contributed by atoms with E-state index < -0.39 is 32.2 Å². The molecule has 0 bridgehead atoms. The SMILES string of the molecule is CO.C[C@@H]1CC[C@@]2(C)[C@@H](C1)C[C@@H](O)[C@@H]1[C@@H]2CC[C@]2(C)[C@@H]([C@H](C)COC(=O)NS(=O)(=O)c3ccc4c(c3)CCC(C)(C)O4)CC[C@@H]12.C[C@H](COC(=O)NS(=O)(=O)c1ccc2c(c1)CCC(C)(C)O2)[C@H]1CC[C@H]2[C@@H]3[C@H](O)C[C@@H]4C[C@H](O)CC[C@]4(C)[C@H]3CC[C@]12C.Cl.[I][V][I]. The third-order valence-electron chi connectivity index (χ3n) is 26.0. The fourth-order valence-electron chi connectivity index (χ4n) is 21.2. The van der Waals surface area contributed by atoms with Crippen LogP contribution in [0.1, 0.15) is 203 Å². The van der Waals surface area contributed by atoms with Crippen molar-refractivity contribution in [2.24, 2.45) is 98.6 Å². The number of halogens is 3. The van der Waals surface area contributed by atoms with Crippen molar-refractivity contribution in [2.45, 2.75) is 244 Å². The first-order valence-electron chi connectivity index (χ1n) is 34.1. The molecular weight excluding hydrogens is 1500 g/mol. The third kappa shape index (κ3) is 15.6. The number of fused-ring (bicyclic) bond motifs is 12. The molecule has 8 aliphatic carbocycles. The van der Waals surface area contributed by atoms with E-state index in [1.54, 1.807) is 24.3 Å². The molecule has 16 nitrogen and oxygen atoms in total. The summed E-state index contributed by atoms with van der Waals surface area (Å²) < 4.78 is 79.3. The number of amides is 2. The Bertz CT molecular complexity index is 2940. The van der Waals surface area contributed by atoms with Crippen LogP contribution in [0.4, 0.5) is 9.59 Å². The number of carbonyl (C=O) groups is 2. The molecule has 0 spiro atoms. The molecule has 20 atom stereocenters. The first kappa shape index (κ1) is 76.4. The van der Waals surface area contributed by atoms with Gasteiger partial charge in [-0.15, -0.1) is 12.4 Å². The Hall–Kier alpha value is -1.35. The maximum atomic E-state index is 13.0. The van der Waals surface area contributed by atoms with Gasteiger partial charge in [0, 0.05) is 7.11 Å². The minimum atomic E-state index is -4.08. The summed E-state index contributed by atoms with van der Waals surface area (Å²) in [7, 11) is -6.52. The Labute approximate surface area is 586 Å². The molecule has 6 N–H and O–H groups in total. The molecule has 92 heavy (non-hydrogen) atoms. The fourth-order valence-corrected chi connectivity index (χ4v) is 23.1. The van der Waals surface area contributed by atoms with Crippen molar-refractivity contribution >= 4 is 84.6 Å². The van der Waals surface area contributed by atoms with Gasteiger partial charge in [0.1, 0.15) is 22.7 Å². The normalized spacial score (nSPS) is 38.2. The number of aryl methyl sites for hydroxylation is 2. The predicted octanol–water partition coefficient (Wildman–Crippen LogP) is 14.7. The quantitative estimate of drug-likeness (QED) is 0.121. The molecule has 2 aromatic carbocycles. The number of aliphatic hydroxyl groups excluding tert-OH is 4. The van der Waals surface area contributed by atoms with Crippen LogP contribution < -0.4 is 18.9 Å². The Kier molecular flexibility index (Phi) is 24.8. The molecule has 2 aromatic rings. The van der Waals surface area contributed by atoms with E-state index in [0.717, 1.165) is 114 Å². The number of carbonyl (C=O) groups excluding carboxylic acids is 2. The van der Waals surface area contributed by atoms with Gasteiger partial charge in [-0.1, -0.05) is 54.9 Å². The maximum absolute atomic E-state index is 13.0. The van der Waals surface area contributed by atoms with Gasteiger partial charge >= 0.3 is 61.6 Å². The van der Waals surface area contributed by atoms with Gasteiger partial charge in [0.2, 0.25) is 0 Å². The van der Waals surface area contributed by atoms with Crippen LogP contribution in [-0.2, 0) is 51.8 Å². The van der Waals surface area contributed by atoms with E-state index in [-0.39, 0.29) is 98.9 Å². The zero-order chi connectivity index (χ0) is 66.6. The van der Waals surface area contributed by atoms with Crippen molar-refractivity contribution in [3.8, 4) is 11.5 Å². The Morgan fingerprint density at radius 1 is 0.565 bits per heavy atom. The molecular formula is C70H109ClI2N2O14S2V. The summed E-state index contributed by atoms with van der Waals surface area (Å²) in [4.78, 5) is 25.5. The van der Waals surface area contributed by atoms with Crippen LogP contribution in [0.3, 0.4) is 0 Å². The second-order valence-corrected chi connectivity index (χ2v) is 47.2. The molecule has 2 heterocycles. The van der Waals surface area contributed by atoms with Crippen LogP contribution in [0.2, 0.25) is 0 Å². The zero-order valence-electron chi connectivity index (χ0n) is 56.6. The summed E-state index contributed by atoms with van der Waals surface area (Å²) in [6.07, 6.45) is 17.4. The number of aliphatic hydroxyl groups is 4. The molecule has 521 valence electrons. The second-order valence-electron chi connectivity index (χ2n) is 32.0. The molecule has 0 radical (unpaired) electrons. The monoisotopic (exact) mass is 1610 g/mol. The summed E-state index contributed by atoms with van der Waals surface area (Å²) in [5, 5.41) is 40.4. The van der Waals surface area contributed by atoms with E-state index in [2.05, 4.69) is 97.9 Å². The third-order valence-corrected chi connectivity index (χ3v) is 28.6. The van der Waals surface area contributed by atoms with Gasteiger partial charge in [-0.25, -0.2) is 35.9 Å². The van der Waals surface area contributed by atoms with Gasteiger partial charge in [0.25, 0.3) is 20.0 Å². The Morgan fingerprint density at radius 3 is 1.35 bits per heavy atom. The molecule has 2 aliphatic heterocycles. The van der Waals surface area contributed by atoms with Gasteiger partial charge in [-0.3, -0.25) is 0 Å². The number of ether oxygens (including phenoxy) is 4. The van der Waals surface area contributed by atoms with Crippen molar-refractivity contribution in [1.82, 2.24) is 9.44 Å². The molecule has 0 saturated heterocycles. The molecule has 0 unspecified atom stereocenters. The number of hydrogen-bond acceptors (Lipinski definition) is 14. The molecule has 2 amide bonds. The van der Waals surface area contributed by atoms with Gasteiger partial charge < -0.3 is 39.4 Å². The van der Waals surface area contributed by atoms with Gasteiger partial charge in [0.05, 0.1) is 41.3 Å². The van der Waals surface area contributed by atoms with Gasteiger partial charge in [-0.2, -0.15) is 0 Å². The van der Waals surface area contributed by atoms with Crippen LogP contribution in [0.25, 0.3) is 0 Å². The number of hydrogen-bond donors (Lipinski definition) is 6. The first-order valence-corrected chi connectivity index (χ1v) is 46.1. The minimum absolute atomic E-state index is 0. The first-order chi connectivity index (χ1) is 42.7. The number of benzene rings is 2. The van der Waals surface area contributed by atoms with E-state index in [1.165, 1.54) is 37.8 Å². The molecule has 12 rings (SSSR count). The predicted molar refractivity (Wildman–Crippen MR) is 372 cm³/mol. The van der Waals surface area contributed by atoms with Crippen LogP contribution in [0.5, 0.6) is 11.5 Å². The summed E-state index contributed by atoms with van der Waals surface area (Å²) in [6.45, 7) is 24.7. The number of sulfonamides is 2. The van der Waals surface area contributed by atoms with E-state index in [4.69, 9.17) is 24.1 Å². The molecule has 10 aliphatic rings. The molecule has 22 heteroatoms. The second kappa shape index (κ2) is 29.8. The van der Waals surface area contributed by atoms with Crippen LogP contribution >= 0.6 is 52.4 Å². The van der Waals surface area contributed by atoms with Crippen molar-refractivity contribution in [2.75, 3.05) is 20.3 Å². The average molecular weight is 1610 g/mol. The summed E-state index contributed by atoms with van der Waals surface area (Å²) in [5.74, 6) is 6.63. The molecule has 8 saturated carbocycles. The molecule has 8 fully saturated rings. The van der Waals surface area contributed by atoms with Crippen molar-refractivity contribution in [3.63, 3.8) is 0 Å². The summed E-state index contributed by atoms with van der Waals surface area (Å²) in [5.41, 5.74) is 1.74. The van der Waals surface area contributed by atoms with Crippen LogP contribution in [0, 0.1) is 98.6 Å². The summed E-state index contributed by atoms with van der Waals surface area (Å²) in [6, 6.07) is 9.44. The van der Waals surface area contributed by atoms with Crippen LogP contribution in [0.15, 0.2) is 46.2 Å². The van der Waals surface area contributed by atoms with E-state index >= 15 is 0 Å². The summed E-state index contributed by atoms with van der Waals surface area (Å²) >= 11 is 4.74. The number of rotatable bonds is 10. The van der Waals surface area contributed by atoms with E-state index in [9.17, 15) is 41.7 Å². The van der Waals surface area contributed by atoms with Gasteiger partial charge in [0.15, 0.2) is 0 Å². The van der Waals surface area contributed by atoms with Crippen molar-refractivity contribution < 1.29 is 75.3 Å². The Morgan fingerprint density at radius 2 is 0.935 bits per heavy atom. The van der Waals surface area contributed by atoms with Crippen molar-refractivity contribution in [1.29, 1.82) is 0 Å². The number of nitrogens with one attached hydrogen (secondary N) is 2. The average Bonchev–Trinajstić information content (AvgIpc) is 1.35. The fraction of sp³-hybridized carbons (Fsp3) is 0.800. The Balaban J connectivity index is 0.000000219. The van der Waals surface area contributed by atoms with Crippen LogP contribution in [-0.4, -0.2) is 99.3 Å². The van der Waals surface area contributed by atoms with Crippen molar-refractivity contribution in [3.05, 3.63) is 47.5 Å².